The lowest BCUT2D eigenvalue weighted by molar-refractivity contribution is 0.0600. The van der Waals surface area contributed by atoms with Crippen molar-refractivity contribution in [3.63, 3.8) is 0 Å². The molecule has 1 aromatic heterocycles. The van der Waals surface area contributed by atoms with Gasteiger partial charge in [-0.1, -0.05) is 12.1 Å². The van der Waals surface area contributed by atoms with Crippen molar-refractivity contribution in [2.24, 2.45) is 0 Å². The van der Waals surface area contributed by atoms with E-state index in [4.69, 9.17) is 9.15 Å². The van der Waals surface area contributed by atoms with Gasteiger partial charge in [0.1, 0.15) is 5.75 Å². The predicted molar refractivity (Wildman–Crippen MR) is 96.5 cm³/mol. The molecule has 3 rings (SSSR count). The molecule has 0 unspecified atom stereocenters. The molecule has 1 heterocycles. The molecule has 138 valence electrons. The minimum atomic E-state index is -1.07. The van der Waals surface area contributed by atoms with Crippen LogP contribution in [0.4, 0.5) is 11.7 Å². The molecule has 0 saturated carbocycles. The van der Waals surface area contributed by atoms with Gasteiger partial charge < -0.3 is 24.3 Å². The Labute approximate surface area is 154 Å². The third-order valence-electron chi connectivity index (χ3n) is 3.74. The van der Waals surface area contributed by atoms with Crippen LogP contribution in [0.2, 0.25) is 0 Å². The molecule has 8 nitrogen and oxygen atoms in total. The summed E-state index contributed by atoms with van der Waals surface area (Å²) in [7, 11) is 2.77. The van der Waals surface area contributed by atoms with Crippen LogP contribution in [0.3, 0.4) is 0 Å². The highest BCUT2D eigenvalue weighted by atomic mass is 16.5. The fourth-order valence-corrected chi connectivity index (χ4v) is 2.39. The van der Waals surface area contributed by atoms with Crippen LogP contribution >= 0.6 is 0 Å². The van der Waals surface area contributed by atoms with Gasteiger partial charge in [-0.05, 0) is 24.3 Å². The van der Waals surface area contributed by atoms with Crippen LogP contribution in [0.15, 0.2) is 53.1 Å². The van der Waals surface area contributed by atoms with Crippen LogP contribution in [0.5, 0.6) is 5.75 Å². The molecular formula is C19H16N2O6. The SMILES string of the molecule is COC(=O)c1ccc(-c2cnc(Nc3cc(OC)cc(C(=O)O)c3)o2)cc1. The van der Waals surface area contributed by atoms with E-state index in [0.717, 1.165) is 5.56 Å². The van der Waals surface area contributed by atoms with Gasteiger partial charge in [0, 0.05) is 17.3 Å². The Balaban J connectivity index is 1.81. The highest BCUT2D eigenvalue weighted by molar-refractivity contribution is 5.90. The van der Waals surface area contributed by atoms with Gasteiger partial charge in [0.2, 0.25) is 0 Å². The number of carbonyl (C=O) groups is 2. The summed E-state index contributed by atoms with van der Waals surface area (Å²) in [4.78, 5) is 26.8. The zero-order valence-electron chi connectivity index (χ0n) is 14.6. The summed E-state index contributed by atoms with van der Waals surface area (Å²) in [5, 5.41) is 12.1. The Bertz CT molecular complexity index is 978. The third kappa shape index (κ3) is 4.06. The minimum absolute atomic E-state index is 0.0713. The highest BCUT2D eigenvalue weighted by Crippen LogP contribution is 2.27. The van der Waals surface area contributed by atoms with Crippen LogP contribution in [-0.2, 0) is 4.74 Å². The molecule has 0 aliphatic rings. The van der Waals surface area contributed by atoms with E-state index < -0.39 is 11.9 Å². The lowest BCUT2D eigenvalue weighted by atomic mass is 10.1. The van der Waals surface area contributed by atoms with Crippen LogP contribution in [-0.4, -0.2) is 36.2 Å². The summed E-state index contributed by atoms with van der Waals surface area (Å²) < 4.78 is 15.4. The van der Waals surface area contributed by atoms with Crippen molar-refractivity contribution < 1.29 is 28.6 Å². The highest BCUT2D eigenvalue weighted by Gasteiger charge is 2.12. The van der Waals surface area contributed by atoms with E-state index in [1.165, 1.54) is 32.5 Å². The van der Waals surface area contributed by atoms with E-state index in [9.17, 15) is 14.7 Å². The second kappa shape index (κ2) is 7.61. The first-order valence-electron chi connectivity index (χ1n) is 7.84. The number of aromatic nitrogens is 1. The number of esters is 1. The number of oxazole rings is 1. The maximum absolute atomic E-state index is 11.5. The Morgan fingerprint density at radius 2 is 1.81 bits per heavy atom. The second-order valence-electron chi connectivity index (χ2n) is 5.48. The Morgan fingerprint density at radius 1 is 1.07 bits per heavy atom. The Kier molecular flexibility index (Phi) is 5.07. The van der Waals surface area contributed by atoms with Crippen molar-refractivity contribution in [3.05, 3.63) is 59.8 Å². The average molecular weight is 368 g/mol. The van der Waals surface area contributed by atoms with Crippen molar-refractivity contribution in [2.45, 2.75) is 0 Å². The van der Waals surface area contributed by atoms with Crippen LogP contribution in [0.1, 0.15) is 20.7 Å². The first kappa shape index (κ1) is 18.0. The Morgan fingerprint density at radius 3 is 2.44 bits per heavy atom. The molecule has 0 radical (unpaired) electrons. The van der Waals surface area contributed by atoms with Gasteiger partial charge in [0.15, 0.2) is 5.76 Å². The number of rotatable bonds is 6. The number of carboxylic acid groups (broad SMARTS) is 1. The fourth-order valence-electron chi connectivity index (χ4n) is 2.39. The number of benzene rings is 2. The van der Waals surface area contributed by atoms with Gasteiger partial charge >= 0.3 is 11.9 Å². The van der Waals surface area contributed by atoms with Crippen LogP contribution < -0.4 is 10.1 Å². The van der Waals surface area contributed by atoms with E-state index in [2.05, 4.69) is 15.0 Å². The van der Waals surface area contributed by atoms with E-state index >= 15 is 0 Å². The molecule has 2 aromatic carbocycles. The maximum Gasteiger partial charge on any atom is 0.337 e. The number of anilines is 2. The topological polar surface area (TPSA) is 111 Å². The van der Waals surface area contributed by atoms with Crippen molar-refractivity contribution in [1.82, 2.24) is 4.98 Å². The van der Waals surface area contributed by atoms with E-state index in [1.807, 2.05) is 0 Å². The van der Waals surface area contributed by atoms with Gasteiger partial charge in [-0.15, -0.1) is 0 Å². The summed E-state index contributed by atoms with van der Waals surface area (Å²) >= 11 is 0. The molecule has 0 amide bonds. The molecular weight excluding hydrogens is 352 g/mol. The number of nitrogens with zero attached hydrogens (tertiary/aromatic N) is 1. The van der Waals surface area contributed by atoms with Crippen molar-refractivity contribution in [2.75, 3.05) is 19.5 Å². The number of nitrogens with one attached hydrogen (secondary N) is 1. The van der Waals surface area contributed by atoms with Gasteiger partial charge in [-0.25, -0.2) is 14.6 Å². The van der Waals surface area contributed by atoms with Gasteiger partial charge in [0.05, 0.1) is 31.5 Å². The fraction of sp³-hybridized carbons (Fsp3) is 0.105. The molecule has 0 fully saturated rings. The number of hydrogen-bond acceptors (Lipinski definition) is 7. The molecule has 27 heavy (non-hydrogen) atoms. The van der Waals surface area contributed by atoms with E-state index in [1.54, 1.807) is 30.3 Å². The summed E-state index contributed by atoms with van der Waals surface area (Å²) in [6, 6.07) is 11.3. The third-order valence-corrected chi connectivity index (χ3v) is 3.74. The summed E-state index contributed by atoms with van der Waals surface area (Å²) in [5.74, 6) is -0.623. The predicted octanol–water partition coefficient (Wildman–Crippen LogP) is 3.58. The lowest BCUT2D eigenvalue weighted by Crippen LogP contribution is -2.00. The van der Waals surface area contributed by atoms with Crippen molar-refractivity contribution in [3.8, 4) is 17.1 Å². The number of carbonyl (C=O) groups excluding carboxylic acids is 1. The minimum Gasteiger partial charge on any atom is -0.497 e. The monoisotopic (exact) mass is 368 g/mol. The van der Waals surface area contributed by atoms with Crippen molar-refractivity contribution in [1.29, 1.82) is 0 Å². The number of carboxylic acids is 1. The summed E-state index contributed by atoms with van der Waals surface area (Å²) in [6.07, 6.45) is 1.52. The first-order valence-corrected chi connectivity index (χ1v) is 7.84. The Hall–Kier alpha value is -3.81. The molecule has 0 bridgehead atoms. The molecule has 0 saturated heterocycles. The van der Waals surface area contributed by atoms with E-state index in [-0.39, 0.29) is 11.6 Å². The summed E-state index contributed by atoms with van der Waals surface area (Å²) in [6.45, 7) is 0. The molecule has 0 atom stereocenters. The maximum atomic E-state index is 11.5. The molecule has 8 heteroatoms. The average Bonchev–Trinajstić information content (AvgIpc) is 3.15. The molecule has 0 spiro atoms. The van der Waals surface area contributed by atoms with E-state index in [0.29, 0.717) is 22.8 Å². The lowest BCUT2D eigenvalue weighted by Gasteiger charge is -2.07. The number of hydrogen-bond donors (Lipinski definition) is 2. The normalized spacial score (nSPS) is 10.3. The van der Waals surface area contributed by atoms with Gasteiger partial charge in [-0.3, -0.25) is 0 Å². The smallest absolute Gasteiger partial charge is 0.337 e. The number of aromatic carboxylic acids is 1. The van der Waals surface area contributed by atoms with Gasteiger partial charge in [0.25, 0.3) is 6.01 Å². The van der Waals surface area contributed by atoms with Crippen molar-refractivity contribution >= 4 is 23.6 Å². The van der Waals surface area contributed by atoms with Gasteiger partial charge in [-0.2, -0.15) is 0 Å². The molecule has 0 aliphatic heterocycles. The quantitative estimate of drug-likeness (QED) is 0.635. The zero-order valence-corrected chi connectivity index (χ0v) is 14.6. The number of ether oxygens (including phenoxy) is 2. The largest absolute Gasteiger partial charge is 0.497 e. The molecule has 3 aromatic rings. The second-order valence-corrected chi connectivity index (χ2v) is 5.48. The number of methoxy groups -OCH3 is 2. The zero-order chi connectivity index (χ0) is 19.4. The molecule has 0 aliphatic carbocycles. The van der Waals surface area contributed by atoms with Crippen LogP contribution in [0, 0.1) is 0 Å². The van der Waals surface area contributed by atoms with Crippen LogP contribution in [0.25, 0.3) is 11.3 Å². The summed E-state index contributed by atoms with van der Waals surface area (Å²) in [5.41, 5.74) is 1.68. The molecule has 2 N–H and O–H groups in total. The first-order chi connectivity index (χ1) is 13.0. The standard InChI is InChI=1S/C19H16N2O6/c1-25-15-8-13(17(22)23)7-14(9-15)21-19-20-10-16(27-19)11-3-5-12(6-4-11)18(24)26-2/h3-10H,1-2H3,(H,20,21)(H,22,23).